The Bertz CT molecular complexity index is 1090. The van der Waals surface area contributed by atoms with Gasteiger partial charge in [-0.3, -0.25) is 4.90 Å². The molecule has 3 unspecified atom stereocenters. The maximum Gasteiger partial charge on any atom is 0.416 e. The predicted octanol–water partition coefficient (Wildman–Crippen LogP) is 5.64. The Morgan fingerprint density at radius 1 is 1.03 bits per heavy atom. The summed E-state index contributed by atoms with van der Waals surface area (Å²) < 4.78 is 55.3. The van der Waals surface area contributed by atoms with Crippen molar-refractivity contribution in [3.8, 4) is 0 Å². The molecule has 0 aliphatic carbocycles. The normalized spacial score (nSPS) is 24.6. The fourth-order valence-corrected chi connectivity index (χ4v) is 5.40. The predicted molar refractivity (Wildman–Crippen MR) is 106 cm³/mol. The van der Waals surface area contributed by atoms with Gasteiger partial charge in [0, 0.05) is 25.7 Å². The van der Waals surface area contributed by atoms with Crippen molar-refractivity contribution in [1.29, 1.82) is 0 Å². The van der Waals surface area contributed by atoms with E-state index in [0.717, 1.165) is 42.8 Å². The van der Waals surface area contributed by atoms with E-state index in [9.17, 15) is 17.6 Å². The van der Waals surface area contributed by atoms with E-state index in [1.165, 1.54) is 11.6 Å². The summed E-state index contributed by atoms with van der Waals surface area (Å²) in [6, 6.07) is 9.86. The number of nitrogens with zero attached hydrogens (tertiary/aromatic N) is 3. The molecule has 3 nitrogen and oxygen atoms in total. The second kappa shape index (κ2) is 7.08. The van der Waals surface area contributed by atoms with E-state index in [1.54, 1.807) is 6.33 Å². The van der Waals surface area contributed by atoms with Gasteiger partial charge in [0.25, 0.3) is 0 Å². The first kappa shape index (κ1) is 19.5. The van der Waals surface area contributed by atoms with Crippen LogP contribution in [0.5, 0.6) is 0 Å². The highest BCUT2D eigenvalue weighted by Crippen LogP contribution is 2.45. The average Bonchev–Trinajstić information content (AvgIpc) is 3.17. The van der Waals surface area contributed by atoms with E-state index < -0.39 is 17.6 Å². The van der Waals surface area contributed by atoms with Crippen LogP contribution in [0, 0.1) is 5.82 Å². The molecule has 5 rings (SSSR count). The van der Waals surface area contributed by atoms with Gasteiger partial charge in [0.15, 0.2) is 0 Å². The Kier molecular flexibility index (Phi) is 4.61. The van der Waals surface area contributed by atoms with Crippen LogP contribution >= 0.6 is 0 Å². The summed E-state index contributed by atoms with van der Waals surface area (Å²) in [6.45, 7) is 0.348. The monoisotopic (exact) mass is 417 g/mol. The Morgan fingerprint density at radius 3 is 2.63 bits per heavy atom. The number of rotatable bonds is 3. The molecule has 158 valence electrons. The van der Waals surface area contributed by atoms with Gasteiger partial charge in [0.2, 0.25) is 0 Å². The van der Waals surface area contributed by atoms with Crippen molar-refractivity contribution in [2.24, 2.45) is 7.05 Å². The first-order chi connectivity index (χ1) is 14.3. The molecule has 0 amide bonds. The standard InChI is InChI=1S/C23H23F4N3/c1-29-13-28-20-6-2-15(10-22(20)29)19-5-3-18-4-7-21(19)30(18)12-14-8-16(23(25,26)27)11-17(24)9-14/h2,6,8-11,13,18-19,21H,3-5,7,12H2,1H3. The number of halogens is 4. The maximum absolute atomic E-state index is 13.9. The highest BCUT2D eigenvalue weighted by Gasteiger charge is 2.43. The van der Waals surface area contributed by atoms with Crippen LogP contribution in [0.15, 0.2) is 42.7 Å². The van der Waals surface area contributed by atoms with Crippen molar-refractivity contribution in [3.05, 3.63) is 65.2 Å². The summed E-state index contributed by atoms with van der Waals surface area (Å²) in [5, 5.41) is 0. The summed E-state index contributed by atoms with van der Waals surface area (Å²) in [5.74, 6) is -0.513. The Morgan fingerprint density at radius 2 is 1.83 bits per heavy atom. The number of hydrogen-bond donors (Lipinski definition) is 0. The van der Waals surface area contributed by atoms with Crippen LogP contribution in [0.1, 0.15) is 48.3 Å². The van der Waals surface area contributed by atoms with Crippen LogP contribution in [-0.2, 0) is 19.8 Å². The number of aryl methyl sites for hydroxylation is 1. The minimum Gasteiger partial charge on any atom is -0.334 e. The lowest BCUT2D eigenvalue weighted by atomic mass is 9.84. The summed E-state index contributed by atoms with van der Waals surface area (Å²) in [5.41, 5.74) is 2.76. The van der Waals surface area contributed by atoms with Gasteiger partial charge in [-0.25, -0.2) is 9.37 Å². The third kappa shape index (κ3) is 3.39. The van der Waals surface area contributed by atoms with Crippen molar-refractivity contribution in [3.63, 3.8) is 0 Å². The van der Waals surface area contributed by atoms with Gasteiger partial charge >= 0.3 is 6.18 Å². The number of aromatic nitrogens is 2. The Hall–Kier alpha value is -2.41. The highest BCUT2D eigenvalue weighted by atomic mass is 19.4. The molecule has 2 aliphatic heterocycles. The largest absolute Gasteiger partial charge is 0.416 e. The third-order valence-electron chi connectivity index (χ3n) is 6.79. The zero-order valence-corrected chi connectivity index (χ0v) is 16.7. The molecule has 7 heteroatoms. The number of hydrogen-bond acceptors (Lipinski definition) is 2. The molecule has 0 saturated carbocycles. The van der Waals surface area contributed by atoms with Crippen LogP contribution in [0.2, 0.25) is 0 Å². The zero-order valence-electron chi connectivity index (χ0n) is 16.7. The molecule has 1 aromatic heterocycles. The molecule has 3 aromatic rings. The quantitative estimate of drug-likeness (QED) is 0.514. The number of alkyl halides is 3. The second-order valence-electron chi connectivity index (χ2n) is 8.60. The van der Waals surface area contributed by atoms with E-state index in [2.05, 4.69) is 22.0 Å². The lowest BCUT2D eigenvalue weighted by molar-refractivity contribution is -0.137. The van der Waals surface area contributed by atoms with Crippen LogP contribution in [-0.4, -0.2) is 26.5 Å². The van der Waals surface area contributed by atoms with E-state index in [4.69, 9.17) is 0 Å². The maximum atomic E-state index is 13.9. The highest BCUT2D eigenvalue weighted by molar-refractivity contribution is 5.76. The topological polar surface area (TPSA) is 21.1 Å². The van der Waals surface area contributed by atoms with Gasteiger partial charge < -0.3 is 4.57 Å². The van der Waals surface area contributed by atoms with E-state index in [-0.39, 0.29) is 6.04 Å². The molecule has 3 atom stereocenters. The first-order valence-corrected chi connectivity index (χ1v) is 10.3. The molecule has 3 heterocycles. The number of fused-ring (bicyclic) bond motifs is 3. The van der Waals surface area contributed by atoms with Gasteiger partial charge in [0.05, 0.1) is 22.9 Å². The van der Waals surface area contributed by atoms with Crippen molar-refractivity contribution in [2.75, 3.05) is 0 Å². The number of benzene rings is 2. The van der Waals surface area contributed by atoms with Crippen molar-refractivity contribution >= 4 is 11.0 Å². The molecular weight excluding hydrogens is 394 g/mol. The first-order valence-electron chi connectivity index (χ1n) is 10.3. The van der Waals surface area contributed by atoms with E-state index >= 15 is 0 Å². The molecule has 0 N–H and O–H groups in total. The number of imidazole rings is 1. The van der Waals surface area contributed by atoms with Crippen molar-refractivity contribution < 1.29 is 17.6 Å². The van der Waals surface area contributed by atoms with Gasteiger partial charge in [-0.05, 0) is 73.1 Å². The molecule has 2 fully saturated rings. The van der Waals surface area contributed by atoms with Gasteiger partial charge in [-0.15, -0.1) is 0 Å². The Balaban J connectivity index is 1.44. The van der Waals surface area contributed by atoms with Crippen LogP contribution in [0.25, 0.3) is 11.0 Å². The molecule has 2 aliphatic rings. The molecule has 0 spiro atoms. The van der Waals surface area contributed by atoms with Gasteiger partial charge in [-0.2, -0.15) is 13.2 Å². The molecule has 0 radical (unpaired) electrons. The fourth-order valence-electron chi connectivity index (χ4n) is 5.40. The fraction of sp³-hybridized carbons (Fsp3) is 0.435. The van der Waals surface area contributed by atoms with Crippen molar-refractivity contribution in [1.82, 2.24) is 14.5 Å². The molecule has 2 saturated heterocycles. The summed E-state index contributed by atoms with van der Waals surface area (Å²) in [6.07, 6.45) is 1.38. The summed E-state index contributed by atoms with van der Waals surface area (Å²) in [7, 11) is 1.97. The minimum atomic E-state index is -4.54. The summed E-state index contributed by atoms with van der Waals surface area (Å²) >= 11 is 0. The van der Waals surface area contributed by atoms with Crippen molar-refractivity contribution in [2.45, 2.75) is 56.4 Å². The van der Waals surface area contributed by atoms with Gasteiger partial charge in [-0.1, -0.05) is 6.07 Å². The van der Waals surface area contributed by atoms with Gasteiger partial charge in [0.1, 0.15) is 5.82 Å². The summed E-state index contributed by atoms with van der Waals surface area (Å²) in [4.78, 5) is 6.69. The van der Waals surface area contributed by atoms with E-state index in [1.807, 2.05) is 17.7 Å². The minimum absolute atomic E-state index is 0.257. The third-order valence-corrected chi connectivity index (χ3v) is 6.79. The number of piperidine rings is 1. The second-order valence-corrected chi connectivity index (χ2v) is 8.60. The van der Waals surface area contributed by atoms with Crippen LogP contribution < -0.4 is 0 Å². The Labute approximate surface area is 172 Å². The lowest BCUT2D eigenvalue weighted by Crippen LogP contribution is -2.43. The molecule has 2 bridgehead atoms. The van der Waals surface area contributed by atoms with E-state index in [0.29, 0.717) is 30.1 Å². The zero-order chi connectivity index (χ0) is 21.0. The van der Waals surface area contributed by atoms with Crippen LogP contribution in [0.4, 0.5) is 17.6 Å². The SMILES string of the molecule is Cn1cnc2ccc(C3CCC4CCC3N4Cc3cc(F)cc(C(F)(F)F)c3)cc21. The molecular formula is C23H23F4N3. The smallest absolute Gasteiger partial charge is 0.334 e. The average molecular weight is 417 g/mol. The lowest BCUT2D eigenvalue weighted by Gasteiger charge is -2.40. The molecule has 2 aromatic carbocycles. The molecule has 30 heavy (non-hydrogen) atoms. The van der Waals surface area contributed by atoms with Crippen LogP contribution in [0.3, 0.4) is 0 Å².